The molecule has 38 heavy (non-hydrogen) atoms. The highest BCUT2D eigenvalue weighted by atomic mass is 127. The van der Waals surface area contributed by atoms with Crippen LogP contribution in [0.1, 0.15) is 22.8 Å². The first kappa shape index (κ1) is 27.5. The van der Waals surface area contributed by atoms with Gasteiger partial charge in [0.15, 0.2) is 11.5 Å². The summed E-state index contributed by atoms with van der Waals surface area (Å²) in [6, 6.07) is 19.2. The first-order valence-corrected chi connectivity index (χ1v) is 13.5. The maximum Gasteiger partial charge on any atom is 0.343 e. The molecule has 0 saturated carbocycles. The zero-order valence-electron chi connectivity index (χ0n) is 20.6. The number of hydrogen-bond acceptors (Lipinski definition) is 8. The summed E-state index contributed by atoms with van der Waals surface area (Å²) in [7, 11) is 1.55. The fraction of sp³-hybridized carbons (Fsp3) is 0.179. The van der Waals surface area contributed by atoms with Crippen LogP contribution in [-0.2, 0) is 4.79 Å². The number of rotatable bonds is 10. The third-order valence-electron chi connectivity index (χ3n) is 5.35. The molecule has 1 saturated heterocycles. The predicted octanol–water partition coefficient (Wildman–Crippen LogP) is 6.03. The van der Waals surface area contributed by atoms with Crippen molar-refractivity contribution in [2.75, 3.05) is 26.9 Å². The number of nitrogens with zero attached hydrogens (tertiary/aromatic N) is 1. The van der Waals surface area contributed by atoms with E-state index in [9.17, 15) is 14.4 Å². The molecule has 0 atom stereocenters. The van der Waals surface area contributed by atoms with Crippen LogP contribution in [0.5, 0.6) is 23.0 Å². The van der Waals surface area contributed by atoms with Gasteiger partial charge in [0.2, 0.25) is 0 Å². The van der Waals surface area contributed by atoms with Gasteiger partial charge in [-0.15, -0.1) is 0 Å². The topological polar surface area (TPSA) is 91.4 Å². The number of carbonyl (C=O) groups is 3. The Balaban J connectivity index is 1.49. The van der Waals surface area contributed by atoms with Crippen LogP contribution in [0.2, 0.25) is 0 Å². The molecule has 1 fully saturated rings. The summed E-state index contributed by atoms with van der Waals surface area (Å²) in [5.74, 6) is 0.988. The lowest BCUT2D eigenvalue weighted by Crippen LogP contribution is -2.32. The summed E-state index contributed by atoms with van der Waals surface area (Å²) in [6.07, 6.45) is 1.63. The van der Waals surface area contributed by atoms with Crippen LogP contribution >= 0.6 is 34.4 Å². The Labute approximate surface area is 238 Å². The van der Waals surface area contributed by atoms with Gasteiger partial charge in [-0.3, -0.25) is 14.5 Å². The first-order chi connectivity index (χ1) is 18.4. The molecule has 0 radical (unpaired) electrons. The van der Waals surface area contributed by atoms with Crippen molar-refractivity contribution < 1.29 is 33.3 Å². The minimum absolute atomic E-state index is 0.138. The van der Waals surface area contributed by atoms with Crippen LogP contribution in [-0.4, -0.2) is 48.9 Å². The Bertz CT molecular complexity index is 1360. The first-order valence-electron chi connectivity index (χ1n) is 11.7. The highest BCUT2D eigenvalue weighted by Crippen LogP contribution is 2.38. The fourth-order valence-electron chi connectivity index (χ4n) is 3.53. The van der Waals surface area contributed by atoms with E-state index in [1.807, 2.05) is 59.8 Å². The zero-order valence-corrected chi connectivity index (χ0v) is 23.6. The van der Waals surface area contributed by atoms with E-state index < -0.39 is 5.97 Å². The van der Waals surface area contributed by atoms with Crippen LogP contribution in [0, 0.1) is 3.57 Å². The van der Waals surface area contributed by atoms with Crippen molar-refractivity contribution in [3.8, 4) is 23.0 Å². The lowest BCUT2D eigenvalue weighted by Gasteiger charge is -2.14. The summed E-state index contributed by atoms with van der Waals surface area (Å²) >= 11 is 2.91. The van der Waals surface area contributed by atoms with E-state index in [0.717, 1.165) is 11.8 Å². The summed E-state index contributed by atoms with van der Waals surface area (Å²) in [6.45, 7) is 2.48. The van der Waals surface area contributed by atoms with E-state index in [1.165, 1.54) is 4.90 Å². The monoisotopic (exact) mass is 645 g/mol. The number of amides is 2. The Hall–Kier alpha value is -3.51. The van der Waals surface area contributed by atoms with Gasteiger partial charge >= 0.3 is 5.97 Å². The summed E-state index contributed by atoms with van der Waals surface area (Å²) in [5, 5.41) is -0.359. The normalized spacial score (nSPS) is 14.1. The lowest BCUT2D eigenvalue weighted by molar-refractivity contribution is -0.123. The second kappa shape index (κ2) is 12.8. The Morgan fingerprint density at radius 3 is 2.42 bits per heavy atom. The Morgan fingerprint density at radius 1 is 1.00 bits per heavy atom. The standard InChI is InChI=1S/C28H24INO7S/c1-3-35-23-16-18(15-22(29)25(23)37-27(32)19-9-11-20(34-2)12-10-19)17-24-26(31)30(28(33)38-24)13-14-36-21-7-5-4-6-8-21/h4-12,15-17H,3,13-14H2,1-2H3/b24-17-. The Kier molecular flexibility index (Phi) is 9.29. The van der Waals surface area contributed by atoms with Crippen LogP contribution in [0.15, 0.2) is 71.6 Å². The quantitative estimate of drug-likeness (QED) is 0.114. The maximum atomic E-state index is 12.9. The molecule has 3 aromatic carbocycles. The predicted molar refractivity (Wildman–Crippen MR) is 153 cm³/mol. The van der Waals surface area contributed by atoms with Gasteiger partial charge in [0.1, 0.15) is 18.1 Å². The van der Waals surface area contributed by atoms with Crippen molar-refractivity contribution in [1.82, 2.24) is 4.90 Å². The lowest BCUT2D eigenvalue weighted by atomic mass is 10.1. The smallest absolute Gasteiger partial charge is 0.343 e. The molecular weight excluding hydrogens is 621 g/mol. The molecule has 2 amide bonds. The number of benzene rings is 3. The van der Waals surface area contributed by atoms with Gasteiger partial charge in [-0.25, -0.2) is 4.79 Å². The van der Waals surface area contributed by atoms with Crippen LogP contribution in [0.4, 0.5) is 4.79 Å². The number of esters is 1. The van der Waals surface area contributed by atoms with Crippen molar-refractivity contribution in [3.63, 3.8) is 0 Å². The zero-order chi connectivity index (χ0) is 27.1. The van der Waals surface area contributed by atoms with Gasteiger partial charge in [0.25, 0.3) is 11.1 Å². The summed E-state index contributed by atoms with van der Waals surface area (Å²) < 4.78 is 22.8. The van der Waals surface area contributed by atoms with Crippen molar-refractivity contribution in [2.45, 2.75) is 6.92 Å². The van der Waals surface area contributed by atoms with Crippen LogP contribution < -0.4 is 18.9 Å². The SMILES string of the molecule is CCOc1cc(/C=C2\SC(=O)N(CCOc3ccccc3)C2=O)cc(I)c1OC(=O)c1ccc(OC)cc1. The average molecular weight is 645 g/mol. The van der Waals surface area contributed by atoms with E-state index in [2.05, 4.69) is 0 Å². The van der Waals surface area contributed by atoms with E-state index in [4.69, 9.17) is 18.9 Å². The highest BCUT2D eigenvalue weighted by Gasteiger charge is 2.35. The van der Waals surface area contributed by atoms with Gasteiger partial charge in [0, 0.05) is 0 Å². The molecule has 1 heterocycles. The number of imide groups is 1. The molecule has 1 aliphatic rings. The summed E-state index contributed by atoms with van der Waals surface area (Å²) in [5.41, 5.74) is 0.992. The number of carbonyl (C=O) groups excluding carboxylic acids is 3. The van der Waals surface area contributed by atoms with Crippen molar-refractivity contribution in [3.05, 3.63) is 86.3 Å². The Morgan fingerprint density at radius 2 is 1.74 bits per heavy atom. The number of ether oxygens (including phenoxy) is 4. The van der Waals surface area contributed by atoms with Crippen molar-refractivity contribution >= 4 is 57.5 Å². The molecule has 0 unspecified atom stereocenters. The molecule has 10 heteroatoms. The molecular formula is C28H24INO7S. The minimum atomic E-state index is -0.543. The molecule has 0 bridgehead atoms. The molecule has 0 N–H and O–H groups in total. The average Bonchev–Trinajstić information content (AvgIpc) is 3.18. The van der Waals surface area contributed by atoms with Crippen molar-refractivity contribution in [1.29, 1.82) is 0 Å². The van der Waals surface area contributed by atoms with E-state index >= 15 is 0 Å². The van der Waals surface area contributed by atoms with Gasteiger partial charge in [-0.1, -0.05) is 18.2 Å². The number of halogens is 1. The van der Waals surface area contributed by atoms with E-state index in [1.54, 1.807) is 49.6 Å². The molecule has 4 rings (SSSR count). The van der Waals surface area contributed by atoms with E-state index in [0.29, 0.717) is 38.6 Å². The van der Waals surface area contributed by atoms with Gasteiger partial charge in [0.05, 0.1) is 34.3 Å². The van der Waals surface area contributed by atoms with Crippen LogP contribution in [0.25, 0.3) is 6.08 Å². The molecule has 0 spiro atoms. The summed E-state index contributed by atoms with van der Waals surface area (Å²) in [4.78, 5) is 39.6. The molecule has 0 aliphatic carbocycles. The maximum absolute atomic E-state index is 12.9. The second-order valence-corrected chi connectivity index (χ2v) is 10.0. The largest absolute Gasteiger partial charge is 0.497 e. The van der Waals surface area contributed by atoms with Gasteiger partial charge in [-0.05, 0) is 101 Å². The molecule has 1 aliphatic heterocycles. The minimum Gasteiger partial charge on any atom is -0.497 e. The molecule has 0 aromatic heterocycles. The van der Waals surface area contributed by atoms with Gasteiger partial charge in [-0.2, -0.15) is 0 Å². The number of thioether (sulfide) groups is 1. The number of methoxy groups -OCH3 is 1. The highest BCUT2D eigenvalue weighted by molar-refractivity contribution is 14.1. The third kappa shape index (κ3) is 6.67. The number of hydrogen-bond donors (Lipinski definition) is 0. The van der Waals surface area contributed by atoms with E-state index in [-0.39, 0.29) is 35.0 Å². The van der Waals surface area contributed by atoms with Gasteiger partial charge < -0.3 is 18.9 Å². The molecule has 196 valence electrons. The molecule has 3 aromatic rings. The van der Waals surface area contributed by atoms with Crippen molar-refractivity contribution in [2.24, 2.45) is 0 Å². The molecule has 8 nitrogen and oxygen atoms in total. The fourth-order valence-corrected chi connectivity index (χ4v) is 5.13. The second-order valence-electron chi connectivity index (χ2n) is 7.88. The van der Waals surface area contributed by atoms with Crippen LogP contribution in [0.3, 0.4) is 0 Å². The third-order valence-corrected chi connectivity index (χ3v) is 7.06. The number of para-hydroxylation sites is 1.